The number of nitrogens with zero attached hydrogens (tertiary/aromatic N) is 5. The number of halogens is 5. The second-order valence-corrected chi connectivity index (χ2v) is 29.6. The molecular formula is C98H76B2F5N5S. The monoisotopic (exact) mass is 1470 g/mol. The van der Waals surface area contributed by atoms with Crippen LogP contribution in [0.5, 0.6) is 0 Å². The number of rotatable bonds is 20. The quantitative estimate of drug-likeness (QED) is 0.0426. The van der Waals surface area contributed by atoms with E-state index in [0.717, 1.165) is 135 Å². The highest BCUT2D eigenvalue weighted by molar-refractivity contribution is 7.99. The molecule has 15 aromatic carbocycles. The van der Waals surface area contributed by atoms with Crippen molar-refractivity contribution in [1.82, 2.24) is 0 Å². The minimum atomic E-state index is -4.50. The summed E-state index contributed by atoms with van der Waals surface area (Å²) in [5.41, 5.74) is 22.3. The van der Waals surface area contributed by atoms with Gasteiger partial charge in [-0.05, 0) is 143 Å². The van der Waals surface area contributed by atoms with Crippen LogP contribution in [0.25, 0.3) is 44.5 Å². The van der Waals surface area contributed by atoms with E-state index >= 15 is 22.0 Å². The van der Waals surface area contributed by atoms with Crippen molar-refractivity contribution in [3.63, 3.8) is 0 Å². The summed E-state index contributed by atoms with van der Waals surface area (Å²) in [7, 11) is 0. The molecule has 0 aromatic heterocycles. The Labute approximate surface area is 651 Å². The number of benzene rings is 15. The lowest BCUT2D eigenvalue weighted by Gasteiger charge is -2.46. The van der Waals surface area contributed by atoms with Crippen LogP contribution >= 0.6 is 11.8 Å². The third-order valence-electron chi connectivity index (χ3n) is 21.8. The summed E-state index contributed by atoms with van der Waals surface area (Å²) in [6.45, 7) is 5.60. The Morgan fingerprint density at radius 2 is 0.802 bits per heavy atom. The summed E-state index contributed by atoms with van der Waals surface area (Å²) in [4.78, 5) is 11.9. The number of alkyl halides is 3. The fourth-order valence-electron chi connectivity index (χ4n) is 16.7. The minimum Gasteiger partial charge on any atom is -0.337 e. The molecule has 1 unspecified atom stereocenters. The highest BCUT2D eigenvalue weighted by atomic mass is 32.2. The molecule has 540 valence electrons. The van der Waals surface area contributed by atoms with Crippen LogP contribution in [0, 0.1) is 11.6 Å². The van der Waals surface area contributed by atoms with Crippen molar-refractivity contribution in [2.45, 2.75) is 50.0 Å². The van der Waals surface area contributed by atoms with Gasteiger partial charge >= 0.3 is 6.18 Å². The minimum absolute atomic E-state index is 0.147. The van der Waals surface area contributed by atoms with Gasteiger partial charge in [-0.1, -0.05) is 292 Å². The van der Waals surface area contributed by atoms with Crippen LogP contribution in [-0.2, 0) is 0 Å². The molecule has 0 bridgehead atoms. The van der Waals surface area contributed by atoms with Gasteiger partial charge in [0.05, 0.1) is 29.2 Å². The number of anilines is 14. The predicted molar refractivity (Wildman–Crippen MR) is 458 cm³/mol. The summed E-state index contributed by atoms with van der Waals surface area (Å²) in [6, 6.07) is 124. The lowest BCUT2D eigenvalue weighted by atomic mass is 9.31. The Morgan fingerprint density at radius 1 is 0.378 bits per heavy atom. The van der Waals surface area contributed by atoms with Crippen LogP contribution in [0.3, 0.4) is 0 Å². The molecule has 0 saturated carbocycles. The molecule has 5 nitrogen and oxygen atoms in total. The van der Waals surface area contributed by atoms with Gasteiger partial charge in [0.15, 0.2) is 0 Å². The molecule has 2 heterocycles. The molecule has 0 fully saturated rings. The van der Waals surface area contributed by atoms with Crippen LogP contribution in [0.15, 0.2) is 375 Å². The van der Waals surface area contributed by atoms with E-state index in [2.05, 4.69) is 251 Å². The normalized spacial score (nSPS) is 12.8. The molecule has 0 spiro atoms. The molecule has 0 N–H and O–H groups in total. The lowest BCUT2D eigenvalue weighted by molar-refractivity contribution is -0.129. The van der Waals surface area contributed by atoms with Crippen molar-refractivity contribution in [3.05, 3.63) is 382 Å². The molecule has 2 aliphatic heterocycles. The molecule has 111 heavy (non-hydrogen) atoms. The first-order valence-electron chi connectivity index (χ1n) is 37.7. The first kappa shape index (κ1) is 71.4. The molecule has 0 radical (unpaired) electrons. The van der Waals surface area contributed by atoms with Gasteiger partial charge in [0.1, 0.15) is 11.6 Å². The van der Waals surface area contributed by atoms with E-state index in [0.29, 0.717) is 16.3 Å². The van der Waals surface area contributed by atoms with E-state index < -0.39 is 42.8 Å². The van der Waals surface area contributed by atoms with Gasteiger partial charge < -0.3 is 24.5 Å². The van der Waals surface area contributed by atoms with E-state index in [1.807, 2.05) is 146 Å². The van der Waals surface area contributed by atoms with Crippen LogP contribution in [0.4, 0.5) is 102 Å². The molecule has 0 amide bonds. The van der Waals surface area contributed by atoms with Gasteiger partial charge in [-0.15, -0.1) is 11.8 Å². The molecule has 2 aliphatic rings. The van der Waals surface area contributed by atoms with Crippen molar-refractivity contribution in [3.8, 4) is 44.5 Å². The summed E-state index contributed by atoms with van der Waals surface area (Å²) in [5, 5.41) is 0. The van der Waals surface area contributed by atoms with E-state index in [1.165, 1.54) is 17.8 Å². The lowest BCUT2D eigenvalue weighted by Crippen LogP contribution is -2.57. The average molecular weight is 1470 g/mol. The summed E-state index contributed by atoms with van der Waals surface area (Å²) in [5.74, 6) is -2.36. The second-order valence-electron chi connectivity index (χ2n) is 28.4. The van der Waals surface area contributed by atoms with Crippen LogP contribution in [0.1, 0.15) is 20.3 Å². The third-order valence-corrected chi connectivity index (χ3v) is 22.9. The Bertz CT molecular complexity index is 5660. The first-order valence-corrected chi connectivity index (χ1v) is 38.7. The molecule has 13 heteroatoms. The average Bonchev–Trinajstić information content (AvgIpc) is 0.712. The molecular weight excluding hydrogens is 1400 g/mol. The third kappa shape index (κ3) is 13.8. The van der Waals surface area contributed by atoms with Gasteiger partial charge in [0.2, 0.25) is 13.4 Å². The summed E-state index contributed by atoms with van der Waals surface area (Å²) >= 11 is 1.21. The van der Waals surface area contributed by atoms with E-state index in [4.69, 9.17) is 0 Å². The Kier molecular flexibility index (Phi) is 19.8. The van der Waals surface area contributed by atoms with Gasteiger partial charge in [-0.25, -0.2) is 8.78 Å². The van der Waals surface area contributed by atoms with Crippen molar-refractivity contribution in [2.24, 2.45) is 0 Å². The van der Waals surface area contributed by atoms with Crippen LogP contribution < -0.4 is 46.4 Å². The molecule has 0 aliphatic carbocycles. The standard InChI is InChI=1S/C98H76B2F5N5S/c1-67(68(2)106(89-59-58-73(101)62-86(89)102)90-63-78(107(74-42-20-8-21-43-74)75-44-22-9-23-45-75)64-91-94(90)99(3)84-54-28-30-56-87(84)109(91)77-48-26-11-27-49-77)100-85-55-29-31-57-88(85)110(97-82(71-38-16-6-17-39-71)52-33-53-83(97)72-40-18-7-19-41-72)92-65-79(66-93(95(92)100)111-61-60-98(103,104)105)108(76-46-24-10-25-47-76)96-80(69-34-12-4-13-35-69)50-32-51-81(96)70-36-14-5-15-37-70/h4-59,62-68H,60-61H2,1-3H3/t67-,68?/m1/s1. The van der Waals surface area contributed by atoms with Gasteiger partial charge in [0.25, 0.3) is 0 Å². The zero-order chi connectivity index (χ0) is 75.7. The fourth-order valence-corrected chi connectivity index (χ4v) is 17.9. The van der Waals surface area contributed by atoms with E-state index in [9.17, 15) is 0 Å². The van der Waals surface area contributed by atoms with Gasteiger partial charge in [-0.3, -0.25) is 0 Å². The maximum absolute atomic E-state index is 18.4. The number of para-hydroxylation sites is 8. The van der Waals surface area contributed by atoms with Gasteiger partial charge in [0, 0.05) is 102 Å². The number of hydrogen-bond acceptors (Lipinski definition) is 6. The smallest absolute Gasteiger partial charge is 0.337 e. The molecule has 15 aromatic rings. The van der Waals surface area contributed by atoms with Crippen LogP contribution in [0.2, 0.25) is 12.6 Å². The SMILES string of the molecule is CB1c2ccccc2N(c2ccccc2)c2cc(N(c3ccccc3)c3ccccc3)cc(N(c3ccc(F)cc3F)C(C)[C@@H](C)B3c4ccccc4N(c4c(-c5ccccc5)cccc4-c4ccccc4)c4cc(N(c5ccccc5)c5c(-c6ccccc6)cccc5-c5ccccc5)cc(SCCC(F)(F)F)c43)c21. The number of hydrogen-bond donors (Lipinski definition) is 0. The topological polar surface area (TPSA) is 16.2 Å². The molecule has 0 saturated heterocycles. The fraction of sp³-hybridized carbons (Fsp3) is 0.0816. The first-order chi connectivity index (χ1) is 54.3. The predicted octanol–water partition coefficient (Wildman–Crippen LogP) is 25.6. The van der Waals surface area contributed by atoms with Crippen molar-refractivity contribution >= 4 is 127 Å². The van der Waals surface area contributed by atoms with Crippen molar-refractivity contribution in [2.75, 3.05) is 30.3 Å². The number of thioether (sulfide) groups is 1. The Morgan fingerprint density at radius 3 is 1.31 bits per heavy atom. The zero-order valence-electron chi connectivity index (χ0n) is 61.5. The van der Waals surface area contributed by atoms with Crippen molar-refractivity contribution in [1.29, 1.82) is 0 Å². The Hall–Kier alpha value is -12.6. The van der Waals surface area contributed by atoms with E-state index in [1.54, 1.807) is 6.07 Å². The summed E-state index contributed by atoms with van der Waals surface area (Å²) in [6.07, 6.45) is -5.57. The van der Waals surface area contributed by atoms with Crippen molar-refractivity contribution < 1.29 is 22.0 Å². The molecule has 17 rings (SSSR count). The maximum Gasteiger partial charge on any atom is 0.389 e. The van der Waals surface area contributed by atoms with Crippen LogP contribution in [-0.4, -0.2) is 31.4 Å². The zero-order valence-corrected chi connectivity index (χ0v) is 62.3. The largest absolute Gasteiger partial charge is 0.389 e. The Balaban J connectivity index is 0.980. The maximum atomic E-state index is 18.4. The van der Waals surface area contributed by atoms with Gasteiger partial charge in [-0.2, -0.15) is 13.2 Å². The second kappa shape index (κ2) is 30.8. The van der Waals surface area contributed by atoms with E-state index in [-0.39, 0.29) is 18.2 Å². The highest BCUT2D eigenvalue weighted by Crippen LogP contribution is 2.55. The summed E-state index contributed by atoms with van der Waals surface area (Å²) < 4.78 is 80.6. The highest BCUT2D eigenvalue weighted by Gasteiger charge is 2.46. The molecule has 2 atom stereocenters. The number of fused-ring (bicyclic) bond motifs is 4.